The smallest absolute Gasteiger partial charge is 0.0897 e. The van der Waals surface area contributed by atoms with Crippen LogP contribution in [0.3, 0.4) is 0 Å². The predicted octanol–water partition coefficient (Wildman–Crippen LogP) is 3.04. The lowest BCUT2D eigenvalue weighted by atomic mass is 9.84. The summed E-state index contributed by atoms with van der Waals surface area (Å²) in [4.78, 5) is 1.21. The fraction of sp³-hybridized carbons (Fsp3) is 0.765. The van der Waals surface area contributed by atoms with Crippen LogP contribution in [0.2, 0.25) is 0 Å². The van der Waals surface area contributed by atoms with Crippen molar-refractivity contribution in [2.24, 2.45) is 17.8 Å². The molecule has 5 atom stereocenters. The Morgan fingerprint density at radius 3 is 3.00 bits per heavy atom. The molecule has 0 saturated heterocycles. The fourth-order valence-electron chi connectivity index (χ4n) is 4.13. The van der Waals surface area contributed by atoms with Crippen molar-refractivity contribution >= 4 is 11.3 Å². The molecule has 21 heavy (non-hydrogen) atoms. The van der Waals surface area contributed by atoms with Gasteiger partial charge in [-0.1, -0.05) is 12.5 Å². The highest BCUT2D eigenvalue weighted by molar-refractivity contribution is 7.09. The first-order chi connectivity index (χ1) is 10.2. The first kappa shape index (κ1) is 15.5. The van der Waals surface area contributed by atoms with Crippen molar-refractivity contribution in [2.75, 3.05) is 13.2 Å². The number of ether oxygens (including phenoxy) is 1. The van der Waals surface area contributed by atoms with E-state index in [0.717, 1.165) is 17.8 Å². The zero-order valence-corrected chi connectivity index (χ0v) is 13.6. The molecule has 3 nitrogen and oxygen atoms in total. The van der Waals surface area contributed by atoms with Gasteiger partial charge >= 0.3 is 0 Å². The summed E-state index contributed by atoms with van der Waals surface area (Å²) in [5.41, 5.74) is 0. The van der Waals surface area contributed by atoms with E-state index in [1.54, 1.807) is 11.3 Å². The number of aliphatic hydroxyl groups is 1. The molecule has 1 aromatic heterocycles. The highest BCUT2D eigenvalue weighted by Crippen LogP contribution is 2.49. The summed E-state index contributed by atoms with van der Waals surface area (Å²) in [7, 11) is 0. The van der Waals surface area contributed by atoms with Crippen LogP contribution in [0.4, 0.5) is 0 Å². The molecule has 1 heterocycles. The maximum absolute atomic E-state index is 10.0. The quantitative estimate of drug-likeness (QED) is 0.775. The van der Waals surface area contributed by atoms with Crippen molar-refractivity contribution in [1.82, 2.24) is 5.32 Å². The van der Waals surface area contributed by atoms with Gasteiger partial charge in [-0.15, -0.1) is 11.3 Å². The Labute approximate surface area is 131 Å². The lowest BCUT2D eigenvalue weighted by molar-refractivity contribution is 0.0273. The summed E-state index contributed by atoms with van der Waals surface area (Å²) >= 11 is 1.69. The van der Waals surface area contributed by atoms with Gasteiger partial charge in [-0.2, -0.15) is 0 Å². The Bertz CT molecular complexity index is 422. The van der Waals surface area contributed by atoms with Crippen molar-refractivity contribution in [3.05, 3.63) is 22.4 Å². The molecule has 2 N–H and O–H groups in total. The van der Waals surface area contributed by atoms with Gasteiger partial charge in [-0.3, -0.25) is 0 Å². The van der Waals surface area contributed by atoms with E-state index in [2.05, 4.69) is 18.3 Å². The van der Waals surface area contributed by atoms with Gasteiger partial charge in [-0.25, -0.2) is 0 Å². The van der Waals surface area contributed by atoms with Crippen LogP contribution in [0.1, 0.15) is 37.5 Å². The molecule has 2 aliphatic rings. The Morgan fingerprint density at radius 2 is 2.33 bits per heavy atom. The number of hydrogen-bond acceptors (Lipinski definition) is 4. The van der Waals surface area contributed by atoms with E-state index in [-0.39, 0.29) is 0 Å². The second kappa shape index (κ2) is 7.23. The summed E-state index contributed by atoms with van der Waals surface area (Å²) in [5.74, 6) is 2.75. The number of fused-ring (bicyclic) bond motifs is 2. The SMILES string of the molecule is C[C@H](NC[C@@H](O)COCc1cccs1)[C@H]1C[C@H]2CC[C@H]1C2. The summed E-state index contributed by atoms with van der Waals surface area (Å²) < 4.78 is 5.57. The molecule has 118 valence electrons. The monoisotopic (exact) mass is 309 g/mol. The topological polar surface area (TPSA) is 41.5 Å². The number of nitrogens with one attached hydrogen (secondary N) is 1. The average Bonchev–Trinajstić information content (AvgIpc) is 3.21. The maximum Gasteiger partial charge on any atom is 0.0897 e. The van der Waals surface area contributed by atoms with Crippen LogP contribution in [0, 0.1) is 17.8 Å². The molecule has 0 amide bonds. The molecule has 1 aromatic rings. The zero-order valence-electron chi connectivity index (χ0n) is 12.8. The van der Waals surface area contributed by atoms with Gasteiger partial charge in [0.05, 0.1) is 19.3 Å². The second-order valence-electron chi connectivity index (χ2n) is 6.78. The van der Waals surface area contributed by atoms with Gasteiger partial charge in [0.1, 0.15) is 0 Å². The van der Waals surface area contributed by atoms with Crippen molar-refractivity contribution < 1.29 is 9.84 Å². The van der Waals surface area contributed by atoms with E-state index in [0.29, 0.717) is 25.8 Å². The number of thiophene rings is 1. The first-order valence-electron chi connectivity index (χ1n) is 8.24. The molecule has 0 aromatic carbocycles. The largest absolute Gasteiger partial charge is 0.389 e. The molecule has 2 aliphatic carbocycles. The lowest BCUT2D eigenvalue weighted by Gasteiger charge is -2.29. The molecule has 0 aliphatic heterocycles. The first-order valence-corrected chi connectivity index (χ1v) is 9.12. The van der Waals surface area contributed by atoms with Crippen LogP contribution in [0.25, 0.3) is 0 Å². The summed E-state index contributed by atoms with van der Waals surface area (Å²) in [6, 6.07) is 4.61. The van der Waals surface area contributed by atoms with Gasteiger partial charge in [-0.05, 0) is 55.4 Å². The third kappa shape index (κ3) is 4.07. The van der Waals surface area contributed by atoms with Gasteiger partial charge in [0.2, 0.25) is 0 Å². The third-order valence-corrected chi connectivity index (χ3v) is 6.10. The minimum atomic E-state index is -0.411. The molecular weight excluding hydrogens is 282 g/mol. The van der Waals surface area contributed by atoms with Crippen LogP contribution in [0.15, 0.2) is 17.5 Å². The van der Waals surface area contributed by atoms with Crippen LogP contribution >= 0.6 is 11.3 Å². The summed E-state index contributed by atoms with van der Waals surface area (Å²) in [6.07, 6.45) is 5.31. The van der Waals surface area contributed by atoms with E-state index < -0.39 is 6.10 Å². The molecule has 2 bridgehead atoms. The molecule has 2 saturated carbocycles. The van der Waals surface area contributed by atoms with Crippen molar-refractivity contribution in [1.29, 1.82) is 0 Å². The van der Waals surface area contributed by atoms with E-state index >= 15 is 0 Å². The zero-order chi connectivity index (χ0) is 14.7. The standard InChI is InChI=1S/C17H27NO2S/c1-12(17-8-13-4-5-14(17)7-13)18-9-15(19)10-20-11-16-3-2-6-21-16/h2-3,6,12-15,17-19H,4-5,7-11H2,1H3/t12-,13-,14-,15+,17+/m0/s1. The highest BCUT2D eigenvalue weighted by atomic mass is 32.1. The maximum atomic E-state index is 10.0. The molecule has 0 spiro atoms. The van der Waals surface area contributed by atoms with Crippen LogP contribution in [0.5, 0.6) is 0 Å². The van der Waals surface area contributed by atoms with Crippen molar-refractivity contribution in [3.63, 3.8) is 0 Å². The minimum Gasteiger partial charge on any atom is -0.389 e. The van der Waals surface area contributed by atoms with Crippen LogP contribution in [-0.2, 0) is 11.3 Å². The van der Waals surface area contributed by atoms with Gasteiger partial charge in [0, 0.05) is 17.5 Å². The Hall–Kier alpha value is -0.420. The molecule has 2 fully saturated rings. The molecule has 0 unspecified atom stereocenters. The molecular formula is C17H27NO2S. The van der Waals surface area contributed by atoms with Gasteiger partial charge in [0.15, 0.2) is 0 Å². The second-order valence-corrected chi connectivity index (χ2v) is 7.82. The van der Waals surface area contributed by atoms with Crippen LogP contribution in [-0.4, -0.2) is 30.4 Å². The number of rotatable bonds is 8. The van der Waals surface area contributed by atoms with Crippen LogP contribution < -0.4 is 5.32 Å². The molecule has 3 rings (SSSR count). The third-order valence-electron chi connectivity index (χ3n) is 5.25. The predicted molar refractivity (Wildman–Crippen MR) is 86.4 cm³/mol. The Morgan fingerprint density at radius 1 is 1.43 bits per heavy atom. The highest BCUT2D eigenvalue weighted by Gasteiger charge is 2.41. The Balaban J connectivity index is 1.31. The summed E-state index contributed by atoms with van der Waals surface area (Å²) in [6.45, 7) is 3.94. The van der Waals surface area contributed by atoms with Crippen molar-refractivity contribution in [2.45, 2.75) is 51.4 Å². The van der Waals surface area contributed by atoms with Gasteiger partial charge in [0.25, 0.3) is 0 Å². The van der Waals surface area contributed by atoms with E-state index in [4.69, 9.17) is 4.74 Å². The van der Waals surface area contributed by atoms with Crippen molar-refractivity contribution in [3.8, 4) is 0 Å². The number of hydrogen-bond donors (Lipinski definition) is 2. The average molecular weight is 309 g/mol. The molecule has 0 radical (unpaired) electrons. The normalized spacial score (nSPS) is 30.7. The fourth-order valence-corrected chi connectivity index (χ4v) is 4.77. The number of aliphatic hydroxyl groups excluding tert-OH is 1. The van der Waals surface area contributed by atoms with Gasteiger partial charge < -0.3 is 15.2 Å². The van der Waals surface area contributed by atoms with E-state index in [1.807, 2.05) is 11.4 Å². The lowest BCUT2D eigenvalue weighted by Crippen LogP contribution is -2.41. The summed E-state index contributed by atoms with van der Waals surface area (Å²) in [5, 5.41) is 15.6. The van der Waals surface area contributed by atoms with E-state index in [9.17, 15) is 5.11 Å². The molecule has 4 heteroatoms. The Kier molecular flexibility index (Phi) is 5.33. The van der Waals surface area contributed by atoms with E-state index in [1.165, 1.54) is 30.6 Å². The minimum absolute atomic E-state index is 0.411.